The number of aliphatic carboxylic acids is 3. The Labute approximate surface area is 392 Å². The average molecular weight is 901 g/mol. The second-order valence-corrected chi connectivity index (χ2v) is 18.4. The molecule has 0 spiro atoms. The van der Waals surface area contributed by atoms with Crippen LogP contribution in [0.25, 0.3) is 0 Å². The van der Waals surface area contributed by atoms with Crippen LogP contribution in [-0.2, 0) is 14.4 Å². The van der Waals surface area contributed by atoms with Gasteiger partial charge in [0.2, 0.25) is 0 Å². The number of ether oxygens (including phenoxy) is 3. The van der Waals surface area contributed by atoms with Crippen molar-refractivity contribution in [2.24, 2.45) is 0 Å². The molecule has 3 rings (SSSR count). The summed E-state index contributed by atoms with van der Waals surface area (Å²) in [7, 11) is 0. The topological polar surface area (TPSA) is 140 Å². The van der Waals surface area contributed by atoms with Crippen LogP contribution in [0.1, 0.15) is 218 Å². The molecule has 0 aliphatic rings. The number of benzene rings is 3. The molecule has 0 aromatic heterocycles. The lowest BCUT2D eigenvalue weighted by atomic mass is 9.80. The number of hydrogen-bond donors (Lipinski definition) is 3. The molecule has 0 heterocycles. The highest BCUT2D eigenvalue weighted by Crippen LogP contribution is 2.40. The molecular formula is C56H84O9. The Balaban J connectivity index is 1.63. The van der Waals surface area contributed by atoms with Crippen LogP contribution in [0.15, 0.2) is 48.5 Å². The fourth-order valence-corrected chi connectivity index (χ4v) is 8.71. The minimum absolute atomic E-state index is 0.00179. The second kappa shape index (κ2) is 33.0. The van der Waals surface area contributed by atoms with Gasteiger partial charge in [0.1, 0.15) is 17.2 Å². The van der Waals surface area contributed by atoms with Crippen molar-refractivity contribution >= 4 is 17.9 Å². The third-order valence-electron chi connectivity index (χ3n) is 12.6. The molecule has 0 saturated heterocycles. The highest BCUT2D eigenvalue weighted by molar-refractivity contribution is 5.67. The van der Waals surface area contributed by atoms with Gasteiger partial charge >= 0.3 is 17.9 Å². The van der Waals surface area contributed by atoms with Gasteiger partial charge in [-0.2, -0.15) is 0 Å². The van der Waals surface area contributed by atoms with E-state index in [0.29, 0.717) is 19.8 Å². The van der Waals surface area contributed by atoms with E-state index in [1.54, 1.807) is 0 Å². The zero-order valence-corrected chi connectivity index (χ0v) is 40.7. The Morgan fingerprint density at radius 1 is 0.385 bits per heavy atom. The third kappa shape index (κ3) is 23.5. The first-order valence-corrected chi connectivity index (χ1v) is 25.3. The van der Waals surface area contributed by atoms with Crippen LogP contribution in [0.3, 0.4) is 0 Å². The van der Waals surface area contributed by atoms with Crippen molar-refractivity contribution in [1.29, 1.82) is 0 Å². The summed E-state index contributed by atoms with van der Waals surface area (Å²) in [6, 6.07) is 17.7. The van der Waals surface area contributed by atoms with Gasteiger partial charge in [-0.1, -0.05) is 140 Å². The molecule has 65 heavy (non-hydrogen) atoms. The summed E-state index contributed by atoms with van der Waals surface area (Å²) < 4.78 is 19.0. The fourth-order valence-electron chi connectivity index (χ4n) is 8.71. The zero-order valence-electron chi connectivity index (χ0n) is 40.7. The van der Waals surface area contributed by atoms with Gasteiger partial charge in [0.05, 0.1) is 19.8 Å². The lowest BCUT2D eigenvalue weighted by molar-refractivity contribution is -0.138. The number of hydrogen-bond acceptors (Lipinski definition) is 6. The minimum atomic E-state index is -0.701. The van der Waals surface area contributed by atoms with Crippen molar-refractivity contribution in [3.8, 4) is 17.2 Å². The Bertz CT molecular complexity index is 1710. The van der Waals surface area contributed by atoms with E-state index in [-0.39, 0.29) is 25.2 Å². The number of carboxylic acid groups (broad SMARTS) is 3. The summed E-state index contributed by atoms with van der Waals surface area (Å²) >= 11 is 0. The maximum Gasteiger partial charge on any atom is 0.303 e. The van der Waals surface area contributed by atoms with Crippen molar-refractivity contribution < 1.29 is 43.9 Å². The van der Waals surface area contributed by atoms with Crippen molar-refractivity contribution in [2.45, 2.75) is 207 Å². The normalized spacial score (nSPS) is 11.3. The quantitative estimate of drug-likeness (QED) is 0.0377. The number of unbranched alkanes of at least 4 members (excludes halogenated alkanes) is 21. The number of rotatable bonds is 39. The summed E-state index contributed by atoms with van der Waals surface area (Å²) in [6.07, 6.45) is 26.4. The molecule has 9 nitrogen and oxygen atoms in total. The monoisotopic (exact) mass is 901 g/mol. The van der Waals surface area contributed by atoms with Crippen molar-refractivity contribution in [3.63, 3.8) is 0 Å². The molecule has 9 heteroatoms. The molecule has 3 N–H and O–H groups in total. The van der Waals surface area contributed by atoms with Crippen LogP contribution in [0.2, 0.25) is 0 Å². The van der Waals surface area contributed by atoms with Crippen LogP contribution in [-0.4, -0.2) is 53.0 Å². The van der Waals surface area contributed by atoms with Gasteiger partial charge in [-0.25, -0.2) is 0 Å². The fraction of sp³-hybridized carbons (Fsp3) is 0.625. The molecule has 0 radical (unpaired) electrons. The Hall–Kier alpha value is -4.53. The smallest absolute Gasteiger partial charge is 0.303 e. The van der Waals surface area contributed by atoms with E-state index >= 15 is 0 Å². The largest absolute Gasteiger partial charge is 0.494 e. The van der Waals surface area contributed by atoms with Crippen LogP contribution in [0, 0.1) is 27.7 Å². The van der Waals surface area contributed by atoms with Gasteiger partial charge in [0.25, 0.3) is 0 Å². The number of aryl methyl sites for hydroxylation is 4. The van der Waals surface area contributed by atoms with Crippen LogP contribution >= 0.6 is 0 Å². The van der Waals surface area contributed by atoms with E-state index in [2.05, 4.69) is 76.2 Å². The van der Waals surface area contributed by atoms with E-state index in [9.17, 15) is 14.4 Å². The Morgan fingerprint density at radius 2 is 0.677 bits per heavy atom. The minimum Gasteiger partial charge on any atom is -0.494 e. The predicted molar refractivity (Wildman–Crippen MR) is 263 cm³/mol. The maximum atomic E-state index is 10.7. The van der Waals surface area contributed by atoms with Gasteiger partial charge < -0.3 is 29.5 Å². The molecule has 0 saturated carbocycles. The van der Waals surface area contributed by atoms with Crippen molar-refractivity contribution in [3.05, 3.63) is 87.5 Å². The second-order valence-electron chi connectivity index (χ2n) is 18.4. The van der Waals surface area contributed by atoms with Gasteiger partial charge in [0.15, 0.2) is 0 Å². The molecule has 3 aromatic rings. The van der Waals surface area contributed by atoms with E-state index in [4.69, 9.17) is 29.5 Å². The first kappa shape index (κ1) is 54.8. The molecule has 3 aromatic carbocycles. The van der Waals surface area contributed by atoms with Crippen molar-refractivity contribution in [2.75, 3.05) is 19.8 Å². The molecule has 0 aliphatic heterocycles. The molecule has 0 bridgehead atoms. The summed E-state index contributed by atoms with van der Waals surface area (Å²) in [5.41, 5.74) is 8.36. The molecule has 0 amide bonds. The van der Waals surface area contributed by atoms with E-state index in [1.165, 1.54) is 66.3 Å². The van der Waals surface area contributed by atoms with Crippen LogP contribution in [0.4, 0.5) is 0 Å². The van der Waals surface area contributed by atoms with Gasteiger partial charge in [-0.3, -0.25) is 14.4 Å². The van der Waals surface area contributed by atoms with Gasteiger partial charge in [-0.05, 0) is 129 Å². The summed E-state index contributed by atoms with van der Waals surface area (Å²) in [6.45, 7) is 10.8. The number of carbonyl (C=O) groups is 3. The molecule has 362 valence electrons. The van der Waals surface area contributed by atoms with E-state index in [1.807, 2.05) is 0 Å². The summed E-state index contributed by atoms with van der Waals surface area (Å²) in [4.78, 5) is 32.1. The van der Waals surface area contributed by atoms with Gasteiger partial charge in [-0.15, -0.1) is 0 Å². The zero-order chi connectivity index (χ0) is 47.1. The molecule has 0 atom stereocenters. The maximum absolute atomic E-state index is 10.7. The lowest BCUT2D eigenvalue weighted by Crippen LogP contribution is -2.10. The lowest BCUT2D eigenvalue weighted by Gasteiger charge is -2.25. The molecule has 0 fully saturated rings. The highest BCUT2D eigenvalue weighted by Gasteiger charge is 2.23. The molecule has 0 unspecified atom stereocenters. The Kier molecular flexibility index (Phi) is 27.8. The first-order chi connectivity index (χ1) is 31.5. The van der Waals surface area contributed by atoms with Gasteiger partial charge in [0, 0.05) is 25.2 Å². The summed E-state index contributed by atoms with van der Waals surface area (Å²) in [5, 5.41) is 26.5. The van der Waals surface area contributed by atoms with Crippen LogP contribution in [0.5, 0.6) is 17.2 Å². The highest BCUT2D eigenvalue weighted by atomic mass is 16.5. The predicted octanol–water partition coefficient (Wildman–Crippen LogP) is 15.0. The average Bonchev–Trinajstić information content (AvgIpc) is 3.26. The van der Waals surface area contributed by atoms with E-state index in [0.717, 1.165) is 144 Å². The van der Waals surface area contributed by atoms with Crippen molar-refractivity contribution in [1.82, 2.24) is 0 Å². The van der Waals surface area contributed by atoms with E-state index < -0.39 is 17.9 Å². The SMILES string of the molecule is Cc1cc(C(c2ccc(OCCCCCCCCCCC(=O)O)cc2)c2cc(C)c(OCCCCCCCCCCC(=O)O)cc2C)c(C)cc1OCCCCCCCCCCC(=O)O. The van der Waals surface area contributed by atoms with Crippen LogP contribution < -0.4 is 14.2 Å². The third-order valence-corrected chi connectivity index (χ3v) is 12.6. The standard InChI is InChI=1S/C56H84O9/c1-43-41-51(64-37-27-21-15-9-6-12-18-24-30-54(59)60)45(3)39-49(43)56(47-32-34-48(35-33-47)63-36-26-20-14-8-5-11-17-23-29-53(57)58)50-40-46(4)52(42-44(50)2)65-38-28-22-16-10-7-13-19-25-31-55(61)62/h32-35,39-42,56H,5-31,36-38H2,1-4H3,(H,57,58)(H,59,60)(H,61,62). The first-order valence-electron chi connectivity index (χ1n) is 25.3. The molecule has 0 aliphatic carbocycles. The summed E-state index contributed by atoms with van der Waals surface area (Å²) in [5.74, 6) is 0.659. The molecular weight excluding hydrogens is 817 g/mol. The Morgan fingerprint density at radius 3 is 1.00 bits per heavy atom. The number of carboxylic acids is 3.